The van der Waals surface area contributed by atoms with Gasteiger partial charge in [0.2, 0.25) is 0 Å². The van der Waals surface area contributed by atoms with E-state index in [1.54, 1.807) is 0 Å². The van der Waals surface area contributed by atoms with Gasteiger partial charge < -0.3 is 0 Å². The van der Waals surface area contributed by atoms with E-state index in [1.807, 2.05) is 6.21 Å². The van der Waals surface area contributed by atoms with E-state index in [1.165, 1.54) is 5.57 Å². The fourth-order valence-electron chi connectivity index (χ4n) is 0.826. The Morgan fingerprint density at radius 3 is 2.75 bits per heavy atom. The molecule has 0 bridgehead atoms. The van der Waals surface area contributed by atoms with Crippen LogP contribution in [0.4, 0.5) is 0 Å². The van der Waals surface area contributed by atoms with Crippen LogP contribution in [0, 0.1) is 0 Å². The number of aliphatic imine (C=N–C) groups is 1. The first kappa shape index (κ1) is 5.54. The fraction of sp³-hybridized carbons (Fsp3) is 0.571. The minimum absolute atomic E-state index is 0.481. The van der Waals surface area contributed by atoms with Gasteiger partial charge in [-0.05, 0) is 18.9 Å². The van der Waals surface area contributed by atoms with Crippen LogP contribution in [0.25, 0.3) is 0 Å². The van der Waals surface area contributed by atoms with Crippen molar-refractivity contribution in [3.8, 4) is 0 Å². The van der Waals surface area contributed by atoms with Crippen LogP contribution >= 0.6 is 0 Å². The van der Waals surface area contributed by atoms with E-state index < -0.39 is 0 Å². The van der Waals surface area contributed by atoms with Crippen LogP contribution in [0.1, 0.15) is 20.3 Å². The van der Waals surface area contributed by atoms with Crippen molar-refractivity contribution in [2.75, 3.05) is 0 Å². The topological polar surface area (TPSA) is 12.4 Å². The Kier molecular flexibility index (Phi) is 1.47. The summed E-state index contributed by atoms with van der Waals surface area (Å²) >= 11 is 0. The minimum atomic E-state index is 0.481. The summed E-state index contributed by atoms with van der Waals surface area (Å²) in [6, 6.07) is 0.481. The summed E-state index contributed by atoms with van der Waals surface area (Å²) in [5.41, 5.74) is 1.30. The highest BCUT2D eigenvalue weighted by atomic mass is 14.8. The average molecular weight is 109 g/mol. The molecule has 0 aromatic heterocycles. The van der Waals surface area contributed by atoms with Gasteiger partial charge in [0.15, 0.2) is 0 Å². The molecule has 0 saturated heterocycles. The van der Waals surface area contributed by atoms with Gasteiger partial charge >= 0.3 is 0 Å². The van der Waals surface area contributed by atoms with E-state index in [9.17, 15) is 0 Å². The second kappa shape index (κ2) is 2.12. The second-order valence-corrected chi connectivity index (χ2v) is 2.16. The first-order valence-corrected chi connectivity index (χ1v) is 3.04. The fourth-order valence-corrected chi connectivity index (χ4v) is 0.826. The summed E-state index contributed by atoms with van der Waals surface area (Å²) in [6.45, 7) is 4.23. The van der Waals surface area contributed by atoms with Crippen molar-refractivity contribution in [3.63, 3.8) is 0 Å². The maximum absolute atomic E-state index is 4.22. The largest absolute Gasteiger partial charge is 0.285 e. The maximum atomic E-state index is 4.22. The molecular weight excluding hydrogens is 98.1 g/mol. The van der Waals surface area contributed by atoms with Crippen LogP contribution in [-0.4, -0.2) is 12.3 Å². The Morgan fingerprint density at radius 2 is 2.50 bits per heavy atom. The number of allylic oxidation sites excluding steroid dienone is 1. The molecule has 0 aromatic carbocycles. The summed E-state index contributed by atoms with van der Waals surface area (Å²) in [6.07, 6.45) is 5.27. The van der Waals surface area contributed by atoms with Crippen LogP contribution in [-0.2, 0) is 0 Å². The lowest BCUT2D eigenvalue weighted by Crippen LogP contribution is -1.91. The van der Waals surface area contributed by atoms with Gasteiger partial charge in [-0.15, -0.1) is 0 Å². The van der Waals surface area contributed by atoms with Crippen LogP contribution < -0.4 is 0 Å². The van der Waals surface area contributed by atoms with Crippen molar-refractivity contribution in [3.05, 3.63) is 11.6 Å². The summed E-state index contributed by atoms with van der Waals surface area (Å²) in [5.74, 6) is 0. The molecular formula is C7H11N. The average Bonchev–Trinajstić information content (AvgIpc) is 2.14. The van der Waals surface area contributed by atoms with Gasteiger partial charge in [-0.25, -0.2) is 0 Å². The molecule has 1 unspecified atom stereocenters. The van der Waals surface area contributed by atoms with E-state index in [0.29, 0.717) is 6.04 Å². The van der Waals surface area contributed by atoms with Crippen LogP contribution in [0.5, 0.6) is 0 Å². The third-order valence-electron chi connectivity index (χ3n) is 1.34. The van der Waals surface area contributed by atoms with Gasteiger partial charge in [0, 0.05) is 6.21 Å². The van der Waals surface area contributed by atoms with E-state index in [4.69, 9.17) is 0 Å². The zero-order valence-corrected chi connectivity index (χ0v) is 5.39. The molecule has 0 spiro atoms. The predicted octanol–water partition coefficient (Wildman–Crippen LogP) is 1.80. The highest BCUT2D eigenvalue weighted by molar-refractivity contribution is 5.80. The van der Waals surface area contributed by atoms with E-state index in [0.717, 1.165) is 6.42 Å². The summed E-state index contributed by atoms with van der Waals surface area (Å²) in [4.78, 5) is 4.22. The van der Waals surface area contributed by atoms with E-state index in [-0.39, 0.29) is 0 Å². The molecule has 1 nitrogen and oxygen atoms in total. The summed E-state index contributed by atoms with van der Waals surface area (Å²) in [5, 5.41) is 0. The molecule has 1 aliphatic heterocycles. The SMILES string of the molecule is CCC1C=C(C)C=N1. The third kappa shape index (κ3) is 0.971. The van der Waals surface area contributed by atoms with Gasteiger partial charge in [-0.2, -0.15) is 0 Å². The molecule has 1 atom stereocenters. The lowest BCUT2D eigenvalue weighted by atomic mass is 10.2. The molecule has 8 heavy (non-hydrogen) atoms. The maximum Gasteiger partial charge on any atom is 0.0683 e. The molecule has 1 heteroatoms. The van der Waals surface area contributed by atoms with Crippen molar-refractivity contribution in [1.82, 2.24) is 0 Å². The number of nitrogens with zero attached hydrogens (tertiary/aromatic N) is 1. The van der Waals surface area contributed by atoms with Crippen molar-refractivity contribution < 1.29 is 0 Å². The Hall–Kier alpha value is -0.590. The lowest BCUT2D eigenvalue weighted by molar-refractivity contribution is 0.797. The Balaban J connectivity index is 2.55. The first-order chi connectivity index (χ1) is 3.83. The Labute approximate surface area is 50.1 Å². The van der Waals surface area contributed by atoms with E-state index >= 15 is 0 Å². The third-order valence-corrected chi connectivity index (χ3v) is 1.34. The number of hydrogen-bond acceptors (Lipinski definition) is 1. The van der Waals surface area contributed by atoms with Gasteiger partial charge in [-0.1, -0.05) is 13.0 Å². The van der Waals surface area contributed by atoms with Crippen molar-refractivity contribution in [2.45, 2.75) is 26.3 Å². The molecule has 0 amide bonds. The zero-order valence-electron chi connectivity index (χ0n) is 5.39. The molecule has 0 aliphatic carbocycles. The number of rotatable bonds is 1. The molecule has 44 valence electrons. The zero-order chi connectivity index (χ0) is 5.98. The van der Waals surface area contributed by atoms with Crippen molar-refractivity contribution in [1.29, 1.82) is 0 Å². The van der Waals surface area contributed by atoms with Crippen molar-refractivity contribution in [2.24, 2.45) is 4.99 Å². The highest BCUT2D eigenvalue weighted by Crippen LogP contribution is 2.08. The summed E-state index contributed by atoms with van der Waals surface area (Å²) in [7, 11) is 0. The molecule has 1 heterocycles. The van der Waals surface area contributed by atoms with Gasteiger partial charge in [0.05, 0.1) is 6.04 Å². The molecule has 0 saturated carbocycles. The normalized spacial score (nSPS) is 26.2. The molecule has 0 fully saturated rings. The van der Waals surface area contributed by atoms with Crippen molar-refractivity contribution >= 4 is 6.21 Å². The van der Waals surface area contributed by atoms with E-state index in [2.05, 4.69) is 24.9 Å². The molecule has 0 N–H and O–H groups in total. The quantitative estimate of drug-likeness (QED) is 0.487. The lowest BCUT2D eigenvalue weighted by Gasteiger charge is -1.94. The summed E-state index contributed by atoms with van der Waals surface area (Å²) < 4.78 is 0. The molecule has 0 radical (unpaired) electrons. The molecule has 0 aromatic rings. The van der Waals surface area contributed by atoms with Crippen LogP contribution in [0.15, 0.2) is 16.6 Å². The standard InChI is InChI=1S/C7H11N/c1-3-7-4-6(2)5-8-7/h4-5,7H,3H2,1-2H3. The van der Waals surface area contributed by atoms with Gasteiger partial charge in [0.25, 0.3) is 0 Å². The minimum Gasteiger partial charge on any atom is -0.285 e. The highest BCUT2D eigenvalue weighted by Gasteiger charge is 2.02. The van der Waals surface area contributed by atoms with Crippen LogP contribution in [0.2, 0.25) is 0 Å². The molecule has 1 aliphatic rings. The first-order valence-electron chi connectivity index (χ1n) is 3.04. The smallest absolute Gasteiger partial charge is 0.0683 e. The molecule has 1 rings (SSSR count). The predicted molar refractivity (Wildman–Crippen MR) is 36.3 cm³/mol. The monoisotopic (exact) mass is 109 g/mol. The van der Waals surface area contributed by atoms with Crippen LogP contribution in [0.3, 0.4) is 0 Å². The Bertz CT molecular complexity index is 133. The second-order valence-electron chi connectivity index (χ2n) is 2.16. The van der Waals surface area contributed by atoms with Gasteiger partial charge in [-0.3, -0.25) is 4.99 Å². The Morgan fingerprint density at radius 1 is 1.75 bits per heavy atom. The van der Waals surface area contributed by atoms with Gasteiger partial charge in [0.1, 0.15) is 0 Å². The number of hydrogen-bond donors (Lipinski definition) is 0.